The Hall–Kier alpha value is -1.70. The number of nitrogens with zero attached hydrogens (tertiary/aromatic N) is 1. The largest absolute Gasteiger partial charge is 0.573 e. The maximum Gasteiger partial charge on any atom is 0.573 e. The van der Waals surface area contributed by atoms with E-state index in [1.165, 1.54) is 6.92 Å². The van der Waals surface area contributed by atoms with Gasteiger partial charge >= 0.3 is 12.3 Å². The lowest BCUT2D eigenvalue weighted by Crippen LogP contribution is -2.21. The molecule has 0 radical (unpaired) electrons. The number of alkyl halides is 4. The molecule has 1 rings (SSSR count). The number of hydrogen-bond donors (Lipinski definition) is 0. The Labute approximate surface area is 117 Å². The SMILES string of the molecule is CCOC(=O)c1ncc(CCl)c(OC)c1OC(F)(F)F. The molecule has 1 heterocycles. The summed E-state index contributed by atoms with van der Waals surface area (Å²) in [5, 5.41) is 0. The number of hydrogen-bond acceptors (Lipinski definition) is 5. The van der Waals surface area contributed by atoms with Crippen LogP contribution in [0.15, 0.2) is 6.20 Å². The van der Waals surface area contributed by atoms with Crippen molar-refractivity contribution >= 4 is 17.6 Å². The van der Waals surface area contributed by atoms with Crippen LogP contribution in [0.3, 0.4) is 0 Å². The maximum absolute atomic E-state index is 12.4. The van der Waals surface area contributed by atoms with E-state index in [0.717, 1.165) is 13.3 Å². The van der Waals surface area contributed by atoms with Crippen molar-refractivity contribution in [2.75, 3.05) is 13.7 Å². The number of aromatic nitrogens is 1. The summed E-state index contributed by atoms with van der Waals surface area (Å²) >= 11 is 5.57. The fourth-order valence-electron chi connectivity index (χ4n) is 1.39. The van der Waals surface area contributed by atoms with E-state index in [1.807, 2.05) is 0 Å². The van der Waals surface area contributed by atoms with Gasteiger partial charge in [0.1, 0.15) is 0 Å². The monoisotopic (exact) mass is 313 g/mol. The van der Waals surface area contributed by atoms with E-state index in [2.05, 4.69) is 14.5 Å². The quantitative estimate of drug-likeness (QED) is 0.618. The zero-order valence-electron chi connectivity index (χ0n) is 10.6. The van der Waals surface area contributed by atoms with Gasteiger partial charge in [-0.05, 0) is 6.92 Å². The first-order valence-corrected chi connectivity index (χ1v) is 5.92. The van der Waals surface area contributed by atoms with E-state index < -0.39 is 23.8 Å². The molecule has 112 valence electrons. The molecule has 0 aliphatic heterocycles. The first-order chi connectivity index (χ1) is 9.34. The Bertz CT molecular complexity index is 493. The van der Waals surface area contributed by atoms with E-state index in [4.69, 9.17) is 16.3 Å². The molecule has 9 heteroatoms. The average molecular weight is 314 g/mol. The van der Waals surface area contributed by atoms with Gasteiger partial charge in [-0.25, -0.2) is 9.78 Å². The van der Waals surface area contributed by atoms with Gasteiger partial charge in [0, 0.05) is 11.8 Å². The van der Waals surface area contributed by atoms with Crippen LogP contribution in [0.25, 0.3) is 0 Å². The number of pyridine rings is 1. The Morgan fingerprint density at radius 2 is 2.05 bits per heavy atom. The minimum Gasteiger partial charge on any atom is -0.492 e. The molecule has 0 atom stereocenters. The minimum atomic E-state index is -5.01. The van der Waals surface area contributed by atoms with Crippen molar-refractivity contribution in [2.45, 2.75) is 19.2 Å². The number of methoxy groups -OCH3 is 1. The van der Waals surface area contributed by atoms with Gasteiger partial charge in [-0.15, -0.1) is 24.8 Å². The van der Waals surface area contributed by atoms with Crippen molar-refractivity contribution < 1.29 is 32.2 Å². The van der Waals surface area contributed by atoms with Crippen molar-refractivity contribution in [3.63, 3.8) is 0 Å². The van der Waals surface area contributed by atoms with Crippen molar-refractivity contribution in [3.05, 3.63) is 17.5 Å². The lowest BCUT2D eigenvalue weighted by atomic mass is 10.2. The molecule has 1 aromatic rings. The van der Waals surface area contributed by atoms with Crippen molar-refractivity contribution in [3.8, 4) is 11.5 Å². The van der Waals surface area contributed by atoms with Crippen LogP contribution in [0, 0.1) is 0 Å². The van der Waals surface area contributed by atoms with Crippen LogP contribution in [0.5, 0.6) is 11.5 Å². The second kappa shape index (κ2) is 6.65. The third kappa shape index (κ3) is 3.89. The number of carbonyl (C=O) groups excluding carboxylic acids is 1. The Balaban J connectivity index is 3.39. The number of rotatable bonds is 5. The molecule has 0 saturated carbocycles. The molecule has 0 unspecified atom stereocenters. The van der Waals surface area contributed by atoms with Gasteiger partial charge in [0.25, 0.3) is 0 Å². The summed E-state index contributed by atoms with van der Waals surface area (Å²) < 4.78 is 50.6. The summed E-state index contributed by atoms with van der Waals surface area (Å²) in [4.78, 5) is 15.2. The molecule has 1 aromatic heterocycles. The summed E-state index contributed by atoms with van der Waals surface area (Å²) in [6.45, 7) is 1.48. The number of ether oxygens (including phenoxy) is 3. The topological polar surface area (TPSA) is 57.7 Å². The zero-order chi connectivity index (χ0) is 15.3. The van der Waals surface area contributed by atoms with E-state index in [9.17, 15) is 18.0 Å². The standard InChI is InChI=1S/C11H11ClF3NO4/c1-3-19-10(17)7-9(20-11(13,14)15)8(18-2)6(4-12)5-16-7/h5H,3-4H2,1-2H3. The highest BCUT2D eigenvalue weighted by Gasteiger charge is 2.36. The smallest absolute Gasteiger partial charge is 0.492 e. The zero-order valence-corrected chi connectivity index (χ0v) is 11.3. The Morgan fingerprint density at radius 3 is 2.50 bits per heavy atom. The first-order valence-electron chi connectivity index (χ1n) is 5.38. The van der Waals surface area contributed by atoms with Crippen LogP contribution < -0.4 is 9.47 Å². The maximum atomic E-state index is 12.4. The third-order valence-electron chi connectivity index (χ3n) is 2.10. The molecule has 20 heavy (non-hydrogen) atoms. The molecule has 0 saturated heterocycles. The normalized spacial score (nSPS) is 11.1. The molecule has 0 aliphatic rings. The van der Waals surface area contributed by atoms with E-state index in [1.54, 1.807) is 0 Å². The lowest BCUT2D eigenvalue weighted by Gasteiger charge is -2.16. The van der Waals surface area contributed by atoms with Crippen LogP contribution in [0.4, 0.5) is 13.2 Å². The molecular formula is C11H11ClF3NO4. The molecule has 0 amide bonds. The predicted molar refractivity (Wildman–Crippen MR) is 63.0 cm³/mol. The second-order valence-corrected chi connectivity index (χ2v) is 3.66. The van der Waals surface area contributed by atoms with Gasteiger partial charge in [-0.1, -0.05) is 0 Å². The van der Waals surface area contributed by atoms with Crippen molar-refractivity contribution in [2.24, 2.45) is 0 Å². The van der Waals surface area contributed by atoms with Crippen LogP contribution in [-0.2, 0) is 10.6 Å². The van der Waals surface area contributed by atoms with Crippen molar-refractivity contribution in [1.82, 2.24) is 4.98 Å². The third-order valence-corrected chi connectivity index (χ3v) is 2.39. The summed E-state index contributed by atoms with van der Waals surface area (Å²) in [5.74, 6) is -2.38. The van der Waals surface area contributed by atoms with E-state index >= 15 is 0 Å². The van der Waals surface area contributed by atoms with E-state index in [-0.39, 0.29) is 23.8 Å². The van der Waals surface area contributed by atoms with Gasteiger partial charge in [-0.3, -0.25) is 0 Å². The van der Waals surface area contributed by atoms with Crippen LogP contribution >= 0.6 is 11.6 Å². The number of carbonyl (C=O) groups is 1. The summed E-state index contributed by atoms with van der Waals surface area (Å²) in [6, 6.07) is 0. The number of esters is 1. The summed E-state index contributed by atoms with van der Waals surface area (Å²) in [7, 11) is 1.13. The number of halogens is 4. The molecular weight excluding hydrogens is 303 g/mol. The van der Waals surface area contributed by atoms with Gasteiger partial charge in [0.15, 0.2) is 11.4 Å². The molecule has 0 spiro atoms. The fraction of sp³-hybridized carbons (Fsp3) is 0.455. The molecule has 0 fully saturated rings. The molecule has 0 aromatic carbocycles. The summed E-state index contributed by atoms with van der Waals surface area (Å²) in [5.41, 5.74) is -0.476. The second-order valence-electron chi connectivity index (χ2n) is 3.40. The highest BCUT2D eigenvalue weighted by Crippen LogP contribution is 2.38. The Kier molecular flexibility index (Phi) is 5.43. The molecule has 0 aliphatic carbocycles. The van der Waals surface area contributed by atoms with E-state index in [0.29, 0.717) is 0 Å². The first kappa shape index (κ1) is 16.4. The highest BCUT2D eigenvalue weighted by molar-refractivity contribution is 6.17. The van der Waals surface area contributed by atoms with Crippen LogP contribution in [-0.4, -0.2) is 31.0 Å². The predicted octanol–water partition coefficient (Wildman–Crippen LogP) is 2.90. The van der Waals surface area contributed by atoms with Gasteiger partial charge < -0.3 is 14.2 Å². The minimum absolute atomic E-state index is 0.0223. The van der Waals surface area contributed by atoms with Gasteiger partial charge in [-0.2, -0.15) is 0 Å². The fourth-order valence-corrected chi connectivity index (χ4v) is 1.58. The molecule has 0 N–H and O–H groups in total. The molecule has 0 bridgehead atoms. The highest BCUT2D eigenvalue weighted by atomic mass is 35.5. The lowest BCUT2D eigenvalue weighted by molar-refractivity contribution is -0.275. The Morgan fingerprint density at radius 1 is 1.40 bits per heavy atom. The van der Waals surface area contributed by atoms with Gasteiger partial charge in [0.05, 0.1) is 19.6 Å². The van der Waals surface area contributed by atoms with Crippen molar-refractivity contribution in [1.29, 1.82) is 0 Å². The molecule has 5 nitrogen and oxygen atoms in total. The van der Waals surface area contributed by atoms with Gasteiger partial charge in [0.2, 0.25) is 5.75 Å². The van der Waals surface area contributed by atoms with Crippen LogP contribution in [0.1, 0.15) is 23.0 Å². The van der Waals surface area contributed by atoms with Crippen LogP contribution in [0.2, 0.25) is 0 Å². The summed E-state index contributed by atoms with van der Waals surface area (Å²) in [6.07, 6.45) is -3.89. The average Bonchev–Trinajstić information content (AvgIpc) is 2.36.